The zero-order valence-electron chi connectivity index (χ0n) is 10.7. The lowest BCUT2D eigenvalue weighted by Crippen LogP contribution is -2.28. The minimum atomic E-state index is -0.380. The van der Waals surface area contributed by atoms with Gasteiger partial charge in [-0.15, -0.1) is 0 Å². The monoisotopic (exact) mass is 254 g/mol. The van der Waals surface area contributed by atoms with Gasteiger partial charge in [-0.1, -0.05) is 19.9 Å². The van der Waals surface area contributed by atoms with Crippen molar-refractivity contribution < 1.29 is 13.9 Å². The minimum absolute atomic E-state index is 0.0315. The molecule has 0 unspecified atom stereocenters. The first-order chi connectivity index (χ1) is 8.58. The molecular weight excluding hydrogens is 235 g/mol. The number of nitrogens with one attached hydrogen (secondary N) is 2. The van der Waals surface area contributed by atoms with Gasteiger partial charge < -0.3 is 15.4 Å². The molecular formula is C13H19FN2O2. The molecule has 0 aromatic heterocycles. The van der Waals surface area contributed by atoms with Crippen LogP contribution in [0.1, 0.15) is 13.8 Å². The van der Waals surface area contributed by atoms with Crippen LogP contribution in [0.25, 0.3) is 0 Å². The van der Waals surface area contributed by atoms with E-state index in [1.807, 2.05) is 13.8 Å². The highest BCUT2D eigenvalue weighted by atomic mass is 19.1. The van der Waals surface area contributed by atoms with Crippen molar-refractivity contribution in [3.8, 4) is 0 Å². The number of carbonyl (C=O) groups excluding carboxylic acids is 1. The number of carbonyl (C=O) groups is 1. The van der Waals surface area contributed by atoms with E-state index < -0.39 is 0 Å². The maximum atomic E-state index is 12.9. The highest BCUT2D eigenvalue weighted by Crippen LogP contribution is 2.08. The summed E-state index contributed by atoms with van der Waals surface area (Å²) in [6.45, 7) is 5.21. The Morgan fingerprint density at radius 1 is 1.44 bits per heavy atom. The second-order valence-electron chi connectivity index (χ2n) is 4.22. The van der Waals surface area contributed by atoms with Gasteiger partial charge in [0.25, 0.3) is 0 Å². The molecule has 2 N–H and O–H groups in total. The smallest absolute Gasteiger partial charge is 0.250 e. The second kappa shape index (κ2) is 7.79. The van der Waals surface area contributed by atoms with Crippen LogP contribution in [0, 0.1) is 5.82 Å². The molecule has 0 heterocycles. The van der Waals surface area contributed by atoms with E-state index in [4.69, 9.17) is 4.74 Å². The van der Waals surface area contributed by atoms with Crippen LogP contribution in [0.2, 0.25) is 0 Å². The fraction of sp³-hybridized carbons (Fsp3) is 0.462. The van der Waals surface area contributed by atoms with E-state index in [2.05, 4.69) is 10.6 Å². The van der Waals surface area contributed by atoms with Crippen molar-refractivity contribution in [3.63, 3.8) is 0 Å². The first-order valence-corrected chi connectivity index (χ1v) is 5.94. The zero-order valence-corrected chi connectivity index (χ0v) is 10.7. The van der Waals surface area contributed by atoms with Crippen LogP contribution in [0.5, 0.6) is 0 Å². The topological polar surface area (TPSA) is 50.4 Å². The van der Waals surface area contributed by atoms with E-state index in [9.17, 15) is 9.18 Å². The third-order valence-corrected chi connectivity index (χ3v) is 2.14. The summed E-state index contributed by atoms with van der Waals surface area (Å²) in [5, 5.41) is 5.73. The molecule has 0 aliphatic heterocycles. The molecule has 0 radical (unpaired) electrons. The first kappa shape index (κ1) is 14.6. The quantitative estimate of drug-likeness (QED) is 0.729. The molecule has 0 atom stereocenters. The van der Waals surface area contributed by atoms with E-state index >= 15 is 0 Å². The van der Waals surface area contributed by atoms with Gasteiger partial charge in [0.05, 0.1) is 6.61 Å². The Bertz CT molecular complexity index is 383. The SMILES string of the molecule is CC(C)NCCOCC(=O)Nc1cccc(F)c1. The van der Waals surface area contributed by atoms with Crippen molar-refractivity contribution in [1.29, 1.82) is 0 Å². The molecule has 0 fully saturated rings. The average molecular weight is 254 g/mol. The average Bonchev–Trinajstić information content (AvgIpc) is 2.28. The molecule has 0 saturated heterocycles. The molecule has 4 nitrogen and oxygen atoms in total. The fourth-order valence-corrected chi connectivity index (χ4v) is 1.35. The summed E-state index contributed by atoms with van der Waals surface area (Å²) in [6, 6.07) is 6.15. The van der Waals surface area contributed by atoms with Crippen LogP contribution in [0.3, 0.4) is 0 Å². The van der Waals surface area contributed by atoms with Crippen molar-refractivity contribution in [2.75, 3.05) is 25.1 Å². The van der Waals surface area contributed by atoms with Gasteiger partial charge in [0.15, 0.2) is 0 Å². The number of halogens is 1. The van der Waals surface area contributed by atoms with Gasteiger partial charge in [-0.2, -0.15) is 0 Å². The van der Waals surface area contributed by atoms with Crippen molar-refractivity contribution >= 4 is 11.6 Å². The van der Waals surface area contributed by atoms with Crippen LogP contribution in [0.4, 0.5) is 10.1 Å². The van der Waals surface area contributed by atoms with Crippen LogP contribution in [0.15, 0.2) is 24.3 Å². The van der Waals surface area contributed by atoms with Crippen LogP contribution in [-0.2, 0) is 9.53 Å². The zero-order chi connectivity index (χ0) is 13.4. The van der Waals surface area contributed by atoms with Crippen molar-refractivity contribution in [1.82, 2.24) is 5.32 Å². The molecule has 18 heavy (non-hydrogen) atoms. The third-order valence-electron chi connectivity index (χ3n) is 2.14. The van der Waals surface area contributed by atoms with Gasteiger partial charge in [-0.25, -0.2) is 4.39 Å². The molecule has 0 aliphatic carbocycles. The third kappa shape index (κ3) is 6.32. The maximum absolute atomic E-state index is 12.9. The lowest BCUT2D eigenvalue weighted by atomic mass is 10.3. The van der Waals surface area contributed by atoms with Gasteiger partial charge in [0.1, 0.15) is 12.4 Å². The van der Waals surface area contributed by atoms with E-state index in [-0.39, 0.29) is 18.3 Å². The summed E-state index contributed by atoms with van der Waals surface area (Å²) < 4.78 is 18.0. The Kier molecular flexibility index (Phi) is 6.32. The van der Waals surface area contributed by atoms with Crippen LogP contribution >= 0.6 is 0 Å². The lowest BCUT2D eigenvalue weighted by molar-refractivity contribution is -0.120. The number of rotatable bonds is 7. The summed E-state index contributed by atoms with van der Waals surface area (Å²) in [5.41, 5.74) is 0.434. The molecule has 1 aromatic carbocycles. The summed E-state index contributed by atoms with van der Waals surface area (Å²) in [6.07, 6.45) is 0. The molecule has 5 heteroatoms. The summed E-state index contributed by atoms with van der Waals surface area (Å²) in [7, 11) is 0. The summed E-state index contributed by atoms with van der Waals surface area (Å²) in [4.78, 5) is 11.4. The number of anilines is 1. The highest BCUT2D eigenvalue weighted by Gasteiger charge is 2.03. The number of amides is 1. The Morgan fingerprint density at radius 3 is 2.89 bits per heavy atom. The Morgan fingerprint density at radius 2 is 2.22 bits per heavy atom. The van der Waals surface area contributed by atoms with Gasteiger partial charge in [0.2, 0.25) is 5.91 Å². The lowest BCUT2D eigenvalue weighted by Gasteiger charge is -2.09. The van der Waals surface area contributed by atoms with Crippen LogP contribution < -0.4 is 10.6 Å². The maximum Gasteiger partial charge on any atom is 0.250 e. The second-order valence-corrected chi connectivity index (χ2v) is 4.22. The molecule has 1 aromatic rings. The summed E-state index contributed by atoms with van der Waals surface area (Å²) >= 11 is 0. The van der Waals surface area contributed by atoms with Crippen molar-refractivity contribution in [2.24, 2.45) is 0 Å². The number of ether oxygens (including phenoxy) is 1. The first-order valence-electron chi connectivity index (χ1n) is 5.94. The van der Waals surface area contributed by atoms with E-state index in [1.165, 1.54) is 12.1 Å². The Labute approximate surface area is 107 Å². The predicted molar refractivity (Wildman–Crippen MR) is 69.0 cm³/mol. The van der Waals surface area contributed by atoms with E-state index in [1.54, 1.807) is 12.1 Å². The minimum Gasteiger partial charge on any atom is -0.370 e. The van der Waals surface area contributed by atoms with E-state index in [0.717, 1.165) is 0 Å². The molecule has 0 aliphatic rings. The molecule has 1 amide bonds. The number of hydrogen-bond acceptors (Lipinski definition) is 3. The van der Waals surface area contributed by atoms with Crippen LogP contribution in [-0.4, -0.2) is 31.7 Å². The predicted octanol–water partition coefficient (Wildman–Crippen LogP) is 1.78. The molecule has 0 spiro atoms. The van der Waals surface area contributed by atoms with Crippen molar-refractivity contribution in [2.45, 2.75) is 19.9 Å². The standard InChI is InChI=1S/C13H19FN2O2/c1-10(2)15-6-7-18-9-13(17)16-12-5-3-4-11(14)8-12/h3-5,8,10,15H,6-7,9H2,1-2H3,(H,16,17). The highest BCUT2D eigenvalue weighted by molar-refractivity contribution is 5.91. The van der Waals surface area contributed by atoms with Crippen molar-refractivity contribution in [3.05, 3.63) is 30.1 Å². The number of hydrogen-bond donors (Lipinski definition) is 2. The molecule has 100 valence electrons. The van der Waals surface area contributed by atoms with E-state index in [0.29, 0.717) is 24.9 Å². The van der Waals surface area contributed by atoms with Gasteiger partial charge in [-0.05, 0) is 18.2 Å². The molecule has 0 saturated carbocycles. The largest absolute Gasteiger partial charge is 0.370 e. The van der Waals surface area contributed by atoms with Gasteiger partial charge in [-0.3, -0.25) is 4.79 Å². The Balaban J connectivity index is 2.18. The normalized spacial score (nSPS) is 10.7. The van der Waals surface area contributed by atoms with Gasteiger partial charge >= 0.3 is 0 Å². The fourth-order valence-electron chi connectivity index (χ4n) is 1.35. The number of benzene rings is 1. The Hall–Kier alpha value is -1.46. The molecule has 0 bridgehead atoms. The summed E-state index contributed by atoms with van der Waals surface area (Å²) in [5.74, 6) is -0.667. The molecule has 1 rings (SSSR count). The van der Waals surface area contributed by atoms with Gasteiger partial charge in [0, 0.05) is 18.3 Å².